The van der Waals surface area contributed by atoms with Gasteiger partial charge in [-0.1, -0.05) is 16.8 Å². The first kappa shape index (κ1) is 16.7. The van der Waals surface area contributed by atoms with E-state index in [0.717, 1.165) is 0 Å². The molecule has 3 aromatic heterocycles. The fourth-order valence-corrected chi connectivity index (χ4v) is 2.06. The summed E-state index contributed by atoms with van der Waals surface area (Å²) in [6.45, 7) is 0.637. The Morgan fingerprint density at radius 2 is 2.04 bits per heavy atom. The van der Waals surface area contributed by atoms with Gasteiger partial charge in [-0.05, 0) is 12.1 Å². The van der Waals surface area contributed by atoms with Crippen molar-refractivity contribution in [3.8, 4) is 0 Å². The predicted molar refractivity (Wildman–Crippen MR) is 84.0 cm³/mol. The van der Waals surface area contributed by atoms with Gasteiger partial charge in [0.05, 0.1) is 17.5 Å². The molecule has 0 unspecified atom stereocenters. The molecule has 3 aromatic rings. The van der Waals surface area contributed by atoms with E-state index in [4.69, 9.17) is 20.5 Å². The minimum absolute atomic E-state index is 0.175. The number of carbonyl (C=O) groups is 2. The van der Waals surface area contributed by atoms with Crippen LogP contribution < -0.4 is 10.6 Å². The minimum Gasteiger partial charge on any atom is -0.459 e. The van der Waals surface area contributed by atoms with Gasteiger partial charge in [0.2, 0.25) is 0 Å². The summed E-state index contributed by atoms with van der Waals surface area (Å²) >= 11 is 5.76. The lowest BCUT2D eigenvalue weighted by Crippen LogP contribution is -2.34. The quantitative estimate of drug-likeness (QED) is 0.591. The zero-order chi connectivity index (χ0) is 17.6. The Labute approximate surface area is 146 Å². The van der Waals surface area contributed by atoms with Crippen molar-refractivity contribution >= 4 is 23.4 Å². The molecule has 130 valence electrons. The maximum atomic E-state index is 11.9. The van der Waals surface area contributed by atoms with E-state index in [2.05, 4.69) is 25.9 Å². The molecule has 11 heteroatoms. The molecule has 0 fully saturated rings. The van der Waals surface area contributed by atoms with E-state index in [1.54, 1.807) is 18.3 Å². The van der Waals surface area contributed by atoms with Crippen LogP contribution in [0.5, 0.6) is 0 Å². The van der Waals surface area contributed by atoms with Crippen LogP contribution in [0, 0.1) is 0 Å². The van der Waals surface area contributed by atoms with E-state index in [0.29, 0.717) is 5.02 Å². The standard InChI is InChI=1S/C14H13ClN6O4/c15-9-6-18-21(7-9)8-11-19-14(25-20-11)13(23)17-4-3-16-12(22)10-2-1-5-24-10/h1-2,5-7H,3-4,8H2,(H,16,22)(H,17,23). The van der Waals surface area contributed by atoms with Gasteiger partial charge in [0.1, 0.15) is 6.54 Å². The van der Waals surface area contributed by atoms with Crippen LogP contribution in [-0.2, 0) is 6.54 Å². The molecule has 2 N–H and O–H groups in total. The molecule has 0 spiro atoms. The average molecular weight is 365 g/mol. The number of hydrogen-bond acceptors (Lipinski definition) is 7. The van der Waals surface area contributed by atoms with E-state index >= 15 is 0 Å². The maximum absolute atomic E-state index is 11.9. The third kappa shape index (κ3) is 4.44. The van der Waals surface area contributed by atoms with Gasteiger partial charge in [0, 0.05) is 19.3 Å². The van der Waals surface area contributed by atoms with Gasteiger partial charge in [0.15, 0.2) is 11.6 Å². The summed E-state index contributed by atoms with van der Waals surface area (Å²) < 4.78 is 11.4. The Morgan fingerprint density at radius 3 is 2.72 bits per heavy atom. The number of furan rings is 1. The second kappa shape index (κ2) is 7.62. The van der Waals surface area contributed by atoms with E-state index in [1.807, 2.05) is 0 Å². The van der Waals surface area contributed by atoms with Crippen molar-refractivity contribution in [2.75, 3.05) is 13.1 Å². The van der Waals surface area contributed by atoms with Crippen LogP contribution >= 0.6 is 11.6 Å². The number of aromatic nitrogens is 4. The third-order valence-electron chi connectivity index (χ3n) is 3.01. The number of halogens is 1. The van der Waals surface area contributed by atoms with E-state index < -0.39 is 5.91 Å². The molecule has 0 saturated carbocycles. The van der Waals surface area contributed by atoms with Crippen LogP contribution in [0.2, 0.25) is 5.02 Å². The lowest BCUT2D eigenvalue weighted by molar-refractivity contribution is 0.0891. The highest BCUT2D eigenvalue weighted by atomic mass is 35.5. The van der Waals surface area contributed by atoms with Crippen LogP contribution in [0.3, 0.4) is 0 Å². The molecule has 0 radical (unpaired) electrons. The van der Waals surface area contributed by atoms with Gasteiger partial charge >= 0.3 is 11.8 Å². The molecule has 0 aliphatic heterocycles. The highest BCUT2D eigenvalue weighted by Gasteiger charge is 2.15. The molecule has 0 aliphatic carbocycles. The van der Waals surface area contributed by atoms with Crippen LogP contribution in [0.4, 0.5) is 0 Å². The summed E-state index contributed by atoms with van der Waals surface area (Å²) in [5, 5.41) is 13.3. The first-order valence-electron chi connectivity index (χ1n) is 7.22. The number of carbonyl (C=O) groups excluding carboxylic acids is 2. The minimum atomic E-state index is -0.538. The summed E-state index contributed by atoms with van der Waals surface area (Å²) in [5.74, 6) is -0.588. The molecule has 3 rings (SSSR count). The molecule has 0 aromatic carbocycles. The zero-order valence-electron chi connectivity index (χ0n) is 12.8. The van der Waals surface area contributed by atoms with Crippen LogP contribution in [0.25, 0.3) is 0 Å². The Hall–Kier alpha value is -3.14. The van der Waals surface area contributed by atoms with Gasteiger partial charge in [-0.3, -0.25) is 14.3 Å². The van der Waals surface area contributed by atoms with E-state index in [-0.39, 0.29) is 43.0 Å². The normalized spacial score (nSPS) is 10.6. The van der Waals surface area contributed by atoms with Crippen LogP contribution in [0.15, 0.2) is 39.7 Å². The second-order valence-corrected chi connectivity index (χ2v) is 5.30. The van der Waals surface area contributed by atoms with Gasteiger partial charge in [-0.2, -0.15) is 10.1 Å². The predicted octanol–water partition coefficient (Wildman–Crippen LogP) is 0.721. The summed E-state index contributed by atoms with van der Waals surface area (Å²) in [6.07, 6.45) is 4.48. The van der Waals surface area contributed by atoms with Gasteiger partial charge in [0.25, 0.3) is 5.91 Å². The molecular formula is C14H13ClN6O4. The summed E-state index contributed by atoms with van der Waals surface area (Å²) in [6, 6.07) is 3.15. The summed E-state index contributed by atoms with van der Waals surface area (Å²) in [7, 11) is 0. The fourth-order valence-electron chi connectivity index (χ4n) is 1.90. The molecule has 0 saturated heterocycles. The first-order chi connectivity index (χ1) is 12.1. The lowest BCUT2D eigenvalue weighted by Gasteiger charge is -2.03. The third-order valence-corrected chi connectivity index (χ3v) is 3.20. The Balaban J connectivity index is 1.43. The Kier molecular flexibility index (Phi) is 5.09. The average Bonchev–Trinajstić information content (AvgIpc) is 3.33. The summed E-state index contributed by atoms with van der Waals surface area (Å²) in [5.41, 5.74) is 0. The SMILES string of the molecule is O=C(NCCNC(=O)c1nc(Cn2cc(Cl)cn2)no1)c1ccco1. The number of hydrogen-bond donors (Lipinski definition) is 2. The monoisotopic (exact) mass is 364 g/mol. The number of nitrogens with zero attached hydrogens (tertiary/aromatic N) is 4. The molecule has 10 nitrogen and oxygen atoms in total. The molecule has 3 heterocycles. The van der Waals surface area contributed by atoms with Crippen LogP contribution in [-0.4, -0.2) is 44.8 Å². The van der Waals surface area contributed by atoms with Crippen molar-refractivity contribution in [3.63, 3.8) is 0 Å². The maximum Gasteiger partial charge on any atom is 0.316 e. The van der Waals surface area contributed by atoms with E-state index in [1.165, 1.54) is 17.1 Å². The second-order valence-electron chi connectivity index (χ2n) is 4.86. The zero-order valence-corrected chi connectivity index (χ0v) is 13.6. The van der Waals surface area contributed by atoms with Gasteiger partial charge in [-0.25, -0.2) is 0 Å². The smallest absolute Gasteiger partial charge is 0.316 e. The van der Waals surface area contributed by atoms with Crippen molar-refractivity contribution < 1.29 is 18.5 Å². The largest absolute Gasteiger partial charge is 0.459 e. The Morgan fingerprint density at radius 1 is 1.24 bits per heavy atom. The van der Waals surface area contributed by atoms with E-state index in [9.17, 15) is 9.59 Å². The van der Waals surface area contributed by atoms with Gasteiger partial charge in [-0.15, -0.1) is 0 Å². The van der Waals surface area contributed by atoms with Crippen LogP contribution in [0.1, 0.15) is 27.1 Å². The molecule has 0 atom stereocenters. The Bertz CT molecular complexity index is 856. The fraction of sp³-hybridized carbons (Fsp3) is 0.214. The molecule has 2 amide bonds. The molecule has 0 aliphatic rings. The number of nitrogens with one attached hydrogen (secondary N) is 2. The van der Waals surface area contributed by atoms with Crippen molar-refractivity contribution in [3.05, 3.63) is 53.3 Å². The molecular weight excluding hydrogens is 352 g/mol. The topological polar surface area (TPSA) is 128 Å². The number of rotatable bonds is 7. The van der Waals surface area contributed by atoms with Crippen molar-refractivity contribution in [2.24, 2.45) is 0 Å². The molecule has 0 bridgehead atoms. The number of amides is 2. The lowest BCUT2D eigenvalue weighted by atomic mass is 10.4. The van der Waals surface area contributed by atoms with Gasteiger partial charge < -0.3 is 19.6 Å². The summed E-state index contributed by atoms with van der Waals surface area (Å²) in [4.78, 5) is 27.5. The highest BCUT2D eigenvalue weighted by molar-refractivity contribution is 6.30. The van der Waals surface area contributed by atoms with Crippen molar-refractivity contribution in [1.82, 2.24) is 30.6 Å². The molecule has 25 heavy (non-hydrogen) atoms. The highest BCUT2D eigenvalue weighted by Crippen LogP contribution is 2.06. The van der Waals surface area contributed by atoms with Crippen molar-refractivity contribution in [1.29, 1.82) is 0 Å². The van der Waals surface area contributed by atoms with Crippen molar-refractivity contribution in [2.45, 2.75) is 6.54 Å². The first-order valence-corrected chi connectivity index (χ1v) is 7.60.